The van der Waals surface area contributed by atoms with Gasteiger partial charge in [-0.2, -0.15) is 0 Å². The van der Waals surface area contributed by atoms with E-state index in [9.17, 15) is 9.18 Å². The topological polar surface area (TPSA) is 84.3 Å². The standard InChI is InChI=1S/C21H27FN6O2/c1-13-10-27(11-14-6-16(22)8-23-7-14)12-17(13)19-25-21(29)18-9-24-20(28(18)26-19)15-2-4-30-5-3-15/h6-9,13,15,17,19,26H,2-5,10-12H2,1H3,(H,25,29). The van der Waals surface area contributed by atoms with Crippen LogP contribution in [-0.4, -0.2) is 57.9 Å². The molecule has 30 heavy (non-hydrogen) atoms. The number of imidazole rings is 1. The zero-order valence-electron chi connectivity index (χ0n) is 17.1. The van der Waals surface area contributed by atoms with E-state index >= 15 is 0 Å². The number of fused-ring (bicyclic) bond motifs is 1. The Morgan fingerprint density at radius 1 is 1.23 bits per heavy atom. The zero-order chi connectivity index (χ0) is 20.7. The number of nitrogens with one attached hydrogen (secondary N) is 2. The van der Waals surface area contributed by atoms with Crippen LogP contribution in [0.5, 0.6) is 0 Å². The van der Waals surface area contributed by atoms with E-state index < -0.39 is 0 Å². The van der Waals surface area contributed by atoms with Crippen molar-refractivity contribution >= 4 is 5.91 Å². The third-order valence-electron chi connectivity index (χ3n) is 6.50. The second-order valence-electron chi connectivity index (χ2n) is 8.65. The Labute approximate surface area is 174 Å². The molecule has 2 fully saturated rings. The summed E-state index contributed by atoms with van der Waals surface area (Å²) in [5.74, 6) is 1.41. The van der Waals surface area contributed by atoms with Gasteiger partial charge in [-0.3, -0.25) is 14.7 Å². The van der Waals surface area contributed by atoms with Crippen molar-refractivity contribution in [2.24, 2.45) is 11.8 Å². The number of nitrogens with zero attached hydrogens (tertiary/aromatic N) is 4. The molecule has 9 heteroatoms. The van der Waals surface area contributed by atoms with Crippen LogP contribution in [0.4, 0.5) is 4.39 Å². The van der Waals surface area contributed by atoms with Gasteiger partial charge in [-0.1, -0.05) is 6.92 Å². The molecule has 3 atom stereocenters. The minimum atomic E-state index is -0.314. The molecular formula is C21H27FN6O2. The van der Waals surface area contributed by atoms with Gasteiger partial charge in [-0.25, -0.2) is 14.1 Å². The van der Waals surface area contributed by atoms with Crippen molar-refractivity contribution in [3.05, 3.63) is 47.6 Å². The molecule has 5 heterocycles. The molecule has 0 aliphatic carbocycles. The third-order valence-corrected chi connectivity index (χ3v) is 6.50. The maximum Gasteiger partial charge on any atom is 0.273 e. The zero-order valence-corrected chi connectivity index (χ0v) is 17.1. The van der Waals surface area contributed by atoms with Gasteiger partial charge in [-0.15, -0.1) is 0 Å². The first-order valence-corrected chi connectivity index (χ1v) is 10.6. The van der Waals surface area contributed by atoms with Crippen LogP contribution in [0.15, 0.2) is 24.7 Å². The van der Waals surface area contributed by atoms with Crippen molar-refractivity contribution in [2.45, 2.75) is 38.4 Å². The fourth-order valence-corrected chi connectivity index (χ4v) is 4.95. The lowest BCUT2D eigenvalue weighted by molar-refractivity contribution is 0.0818. The highest BCUT2D eigenvalue weighted by atomic mass is 19.1. The molecule has 5 rings (SSSR count). The van der Waals surface area contributed by atoms with Crippen molar-refractivity contribution in [1.29, 1.82) is 0 Å². The van der Waals surface area contributed by atoms with E-state index in [-0.39, 0.29) is 23.8 Å². The monoisotopic (exact) mass is 414 g/mol. The van der Waals surface area contributed by atoms with Crippen LogP contribution in [0.25, 0.3) is 0 Å². The van der Waals surface area contributed by atoms with E-state index in [0.717, 1.165) is 50.5 Å². The molecule has 2 aromatic heterocycles. The second kappa shape index (κ2) is 7.96. The van der Waals surface area contributed by atoms with Crippen molar-refractivity contribution in [1.82, 2.24) is 24.9 Å². The van der Waals surface area contributed by atoms with Crippen LogP contribution < -0.4 is 10.7 Å². The third kappa shape index (κ3) is 3.67. The van der Waals surface area contributed by atoms with Crippen LogP contribution in [0, 0.1) is 17.7 Å². The van der Waals surface area contributed by atoms with Gasteiger partial charge in [0.1, 0.15) is 23.5 Å². The van der Waals surface area contributed by atoms with E-state index in [1.54, 1.807) is 12.4 Å². The number of hydrogen-bond acceptors (Lipinski definition) is 6. The summed E-state index contributed by atoms with van der Waals surface area (Å²) in [6.45, 7) is 6.00. The molecule has 8 nitrogen and oxygen atoms in total. The number of halogens is 1. The first-order chi connectivity index (χ1) is 14.6. The van der Waals surface area contributed by atoms with Crippen LogP contribution >= 0.6 is 0 Å². The molecule has 2 aromatic rings. The number of amides is 1. The minimum absolute atomic E-state index is 0.0930. The number of ether oxygens (including phenoxy) is 1. The first kappa shape index (κ1) is 19.4. The number of carbonyl (C=O) groups is 1. The van der Waals surface area contributed by atoms with Gasteiger partial charge in [0.15, 0.2) is 0 Å². The van der Waals surface area contributed by atoms with Gasteiger partial charge in [0.05, 0.1) is 12.4 Å². The fourth-order valence-electron chi connectivity index (χ4n) is 4.95. The van der Waals surface area contributed by atoms with Crippen molar-refractivity contribution in [2.75, 3.05) is 31.7 Å². The van der Waals surface area contributed by atoms with Gasteiger partial charge >= 0.3 is 0 Å². The number of hydrogen-bond donors (Lipinski definition) is 2. The summed E-state index contributed by atoms with van der Waals surface area (Å²) in [5.41, 5.74) is 4.94. The predicted molar refractivity (Wildman–Crippen MR) is 108 cm³/mol. The average Bonchev–Trinajstić information content (AvgIpc) is 3.32. The Balaban J connectivity index is 1.31. The number of aromatic nitrogens is 3. The fraction of sp³-hybridized carbons (Fsp3) is 0.571. The molecule has 0 aromatic carbocycles. The molecule has 3 unspecified atom stereocenters. The van der Waals surface area contributed by atoms with Crippen molar-refractivity contribution < 1.29 is 13.9 Å². The number of likely N-dealkylation sites (tertiary alicyclic amines) is 1. The van der Waals surface area contributed by atoms with E-state index in [1.165, 1.54) is 12.3 Å². The van der Waals surface area contributed by atoms with E-state index in [1.807, 2.05) is 4.68 Å². The molecule has 0 saturated carbocycles. The highest BCUT2D eigenvalue weighted by molar-refractivity contribution is 5.93. The van der Waals surface area contributed by atoms with Crippen LogP contribution in [0.3, 0.4) is 0 Å². The Bertz CT molecular complexity index is 928. The minimum Gasteiger partial charge on any atom is -0.381 e. The van der Waals surface area contributed by atoms with Crippen molar-refractivity contribution in [3.63, 3.8) is 0 Å². The first-order valence-electron chi connectivity index (χ1n) is 10.6. The molecule has 2 saturated heterocycles. The van der Waals surface area contributed by atoms with Gasteiger partial charge in [0.2, 0.25) is 0 Å². The lowest BCUT2D eigenvalue weighted by Gasteiger charge is -2.35. The van der Waals surface area contributed by atoms with E-state index in [0.29, 0.717) is 24.1 Å². The molecule has 0 spiro atoms. The van der Waals surface area contributed by atoms with E-state index in [2.05, 4.69) is 32.5 Å². The van der Waals surface area contributed by atoms with Crippen LogP contribution in [-0.2, 0) is 11.3 Å². The highest BCUT2D eigenvalue weighted by Gasteiger charge is 2.40. The molecule has 3 aliphatic rings. The predicted octanol–water partition coefficient (Wildman–Crippen LogP) is 1.69. The van der Waals surface area contributed by atoms with Crippen LogP contribution in [0.1, 0.15) is 47.6 Å². The van der Waals surface area contributed by atoms with Gasteiger partial charge in [-0.05, 0) is 30.4 Å². The summed E-state index contributed by atoms with van der Waals surface area (Å²) in [7, 11) is 0. The SMILES string of the molecule is CC1CN(Cc2cncc(F)c2)CC1C1NC(=O)c2cnc(C3CCOCC3)n2N1. The van der Waals surface area contributed by atoms with Gasteiger partial charge in [0, 0.05) is 50.9 Å². The quantitative estimate of drug-likeness (QED) is 0.792. The molecule has 0 radical (unpaired) electrons. The molecule has 1 amide bonds. The summed E-state index contributed by atoms with van der Waals surface area (Å²) < 4.78 is 20.8. The summed E-state index contributed by atoms with van der Waals surface area (Å²) in [6.07, 6.45) is 6.24. The number of rotatable bonds is 4. The molecular weight excluding hydrogens is 387 g/mol. The molecule has 2 N–H and O–H groups in total. The Morgan fingerprint density at radius 3 is 2.87 bits per heavy atom. The molecule has 160 valence electrons. The lowest BCUT2D eigenvalue weighted by atomic mass is 9.94. The van der Waals surface area contributed by atoms with Gasteiger partial charge in [0.25, 0.3) is 5.91 Å². The Kier molecular flexibility index (Phi) is 5.16. The summed E-state index contributed by atoms with van der Waals surface area (Å²) in [5, 5.41) is 3.12. The molecule has 3 aliphatic heterocycles. The molecule has 0 bridgehead atoms. The van der Waals surface area contributed by atoms with E-state index in [4.69, 9.17) is 4.74 Å². The van der Waals surface area contributed by atoms with Gasteiger partial charge < -0.3 is 15.5 Å². The number of carbonyl (C=O) groups excluding carboxylic acids is 1. The normalized spacial score (nSPS) is 27.5. The lowest BCUT2D eigenvalue weighted by Crippen LogP contribution is -2.55. The summed E-state index contributed by atoms with van der Waals surface area (Å²) >= 11 is 0. The summed E-state index contributed by atoms with van der Waals surface area (Å²) in [4.78, 5) is 23.6. The highest BCUT2D eigenvalue weighted by Crippen LogP contribution is 2.31. The summed E-state index contributed by atoms with van der Waals surface area (Å²) in [6, 6.07) is 1.53. The average molecular weight is 414 g/mol. The van der Waals surface area contributed by atoms with Crippen molar-refractivity contribution in [3.8, 4) is 0 Å². The second-order valence-corrected chi connectivity index (χ2v) is 8.65. The maximum atomic E-state index is 13.5. The largest absolute Gasteiger partial charge is 0.381 e. The Morgan fingerprint density at radius 2 is 2.07 bits per heavy atom. The van der Waals surface area contributed by atoms with Crippen LogP contribution in [0.2, 0.25) is 0 Å². The maximum absolute atomic E-state index is 13.5. The number of pyridine rings is 1. The Hall–Kier alpha value is -2.52. The smallest absolute Gasteiger partial charge is 0.273 e.